The average molecular weight is 326 g/mol. The minimum absolute atomic E-state index is 0.177. The molecule has 1 aliphatic heterocycles. The molecule has 0 amide bonds. The van der Waals surface area contributed by atoms with Crippen molar-refractivity contribution in [3.05, 3.63) is 41.7 Å². The second-order valence-electron chi connectivity index (χ2n) is 7.26. The summed E-state index contributed by atoms with van der Waals surface area (Å²) in [5.74, 6) is 0.177. The highest BCUT2D eigenvalue weighted by atomic mass is 16.5. The summed E-state index contributed by atoms with van der Waals surface area (Å²) < 4.78 is 5.73. The lowest BCUT2D eigenvalue weighted by Crippen LogP contribution is -2.32. The van der Waals surface area contributed by atoms with Crippen LogP contribution >= 0.6 is 0 Å². The van der Waals surface area contributed by atoms with E-state index in [4.69, 9.17) is 9.72 Å². The Kier molecular flexibility index (Phi) is 4.97. The van der Waals surface area contributed by atoms with E-state index in [-0.39, 0.29) is 17.3 Å². The van der Waals surface area contributed by atoms with E-state index in [1.165, 1.54) is 5.39 Å². The molecule has 1 N–H and O–H groups in total. The normalized spacial score (nSPS) is 19.2. The van der Waals surface area contributed by atoms with Gasteiger partial charge in [-0.2, -0.15) is 0 Å². The third-order valence-corrected chi connectivity index (χ3v) is 4.67. The van der Waals surface area contributed by atoms with Gasteiger partial charge >= 0.3 is 0 Å². The van der Waals surface area contributed by atoms with Gasteiger partial charge in [0.25, 0.3) is 0 Å². The molecular weight excluding hydrogens is 300 g/mol. The first-order chi connectivity index (χ1) is 11.5. The molecule has 4 nitrogen and oxygen atoms in total. The summed E-state index contributed by atoms with van der Waals surface area (Å²) in [6, 6.07) is 10.4. The molecule has 24 heavy (non-hydrogen) atoms. The van der Waals surface area contributed by atoms with E-state index in [1.807, 2.05) is 19.1 Å². The first kappa shape index (κ1) is 17.1. The van der Waals surface area contributed by atoms with E-state index < -0.39 is 0 Å². The number of carbonyl (C=O) groups excluding carboxylic acids is 1. The maximum atomic E-state index is 12.8. The monoisotopic (exact) mass is 326 g/mol. The third-order valence-electron chi connectivity index (χ3n) is 4.67. The molecule has 4 heteroatoms. The molecule has 0 radical (unpaired) electrons. The van der Waals surface area contributed by atoms with Crippen LogP contribution in [0.25, 0.3) is 10.8 Å². The number of nitrogens with one attached hydrogen (secondary N) is 1. The van der Waals surface area contributed by atoms with Gasteiger partial charge < -0.3 is 10.1 Å². The molecule has 1 unspecified atom stereocenters. The van der Waals surface area contributed by atoms with Gasteiger partial charge in [0.05, 0.1) is 12.3 Å². The lowest BCUT2D eigenvalue weighted by Gasteiger charge is -2.27. The van der Waals surface area contributed by atoms with E-state index in [1.54, 1.807) is 0 Å². The summed E-state index contributed by atoms with van der Waals surface area (Å²) in [5.41, 5.74) is 1.66. The SMILES string of the molecule is Cc1cc2ccccc2c(C(C)(C)CC(=O)C2CCNCCO2)n1. The number of aromatic nitrogens is 1. The van der Waals surface area contributed by atoms with Crippen LogP contribution < -0.4 is 5.32 Å². The fraction of sp³-hybridized carbons (Fsp3) is 0.500. The number of carbonyl (C=O) groups is 1. The van der Waals surface area contributed by atoms with Crippen molar-refractivity contribution in [3.8, 4) is 0 Å². The summed E-state index contributed by atoms with van der Waals surface area (Å²) in [6.07, 6.45) is 0.894. The Morgan fingerprint density at radius 2 is 2.12 bits per heavy atom. The molecule has 2 aromatic rings. The van der Waals surface area contributed by atoms with Crippen LogP contribution in [0.4, 0.5) is 0 Å². The van der Waals surface area contributed by atoms with E-state index in [0.29, 0.717) is 13.0 Å². The number of pyridine rings is 1. The Morgan fingerprint density at radius 1 is 1.33 bits per heavy atom. The Hall–Kier alpha value is -1.78. The van der Waals surface area contributed by atoms with E-state index >= 15 is 0 Å². The number of benzene rings is 1. The van der Waals surface area contributed by atoms with Gasteiger partial charge in [0.2, 0.25) is 0 Å². The smallest absolute Gasteiger partial charge is 0.162 e. The first-order valence-corrected chi connectivity index (χ1v) is 8.69. The molecule has 0 aliphatic carbocycles. The molecule has 1 aromatic heterocycles. The van der Waals surface area contributed by atoms with Crippen molar-refractivity contribution in [1.82, 2.24) is 10.3 Å². The number of ketones is 1. The highest BCUT2D eigenvalue weighted by Crippen LogP contribution is 2.33. The van der Waals surface area contributed by atoms with Crippen molar-refractivity contribution >= 4 is 16.6 Å². The van der Waals surface area contributed by atoms with E-state index in [9.17, 15) is 4.79 Å². The predicted octanol–water partition coefficient (Wildman–Crippen LogP) is 3.16. The average Bonchev–Trinajstić information content (AvgIpc) is 2.83. The number of aryl methyl sites for hydroxylation is 1. The topological polar surface area (TPSA) is 51.2 Å². The molecular formula is C20H26N2O2. The van der Waals surface area contributed by atoms with Gasteiger partial charge in [0, 0.05) is 29.5 Å². The number of nitrogens with zero attached hydrogens (tertiary/aromatic N) is 1. The second kappa shape index (κ2) is 6.99. The Balaban J connectivity index is 1.88. The van der Waals surface area contributed by atoms with E-state index in [2.05, 4.69) is 37.4 Å². The third kappa shape index (κ3) is 3.65. The highest BCUT2D eigenvalue weighted by molar-refractivity contribution is 5.88. The minimum atomic E-state index is -0.328. The number of hydrogen-bond donors (Lipinski definition) is 1. The van der Waals surface area contributed by atoms with Gasteiger partial charge in [-0.3, -0.25) is 9.78 Å². The summed E-state index contributed by atoms with van der Waals surface area (Å²) in [6.45, 7) is 8.47. The summed E-state index contributed by atoms with van der Waals surface area (Å²) in [7, 11) is 0. The van der Waals surface area contributed by atoms with Crippen molar-refractivity contribution in [3.63, 3.8) is 0 Å². The molecule has 128 valence electrons. The molecule has 3 rings (SSSR count). The lowest BCUT2D eigenvalue weighted by atomic mass is 9.80. The molecule has 1 atom stereocenters. The molecule has 1 saturated heterocycles. The highest BCUT2D eigenvalue weighted by Gasteiger charge is 2.31. The van der Waals surface area contributed by atoms with Crippen LogP contribution in [0.15, 0.2) is 30.3 Å². The zero-order valence-corrected chi connectivity index (χ0v) is 14.8. The van der Waals surface area contributed by atoms with E-state index in [0.717, 1.165) is 36.3 Å². The fourth-order valence-electron chi connectivity index (χ4n) is 3.45. The number of rotatable bonds is 4. The van der Waals surface area contributed by atoms with Crippen molar-refractivity contribution in [2.45, 2.75) is 45.1 Å². The van der Waals surface area contributed by atoms with Crippen LogP contribution in [-0.4, -0.2) is 36.6 Å². The van der Waals surface area contributed by atoms with Crippen LogP contribution in [0.2, 0.25) is 0 Å². The van der Waals surface area contributed by atoms with Crippen molar-refractivity contribution < 1.29 is 9.53 Å². The zero-order chi connectivity index (χ0) is 17.2. The fourth-order valence-corrected chi connectivity index (χ4v) is 3.45. The maximum Gasteiger partial charge on any atom is 0.162 e. The Morgan fingerprint density at radius 3 is 2.96 bits per heavy atom. The Bertz CT molecular complexity index is 731. The number of fused-ring (bicyclic) bond motifs is 1. The molecule has 2 heterocycles. The molecule has 0 saturated carbocycles. The number of hydrogen-bond acceptors (Lipinski definition) is 4. The van der Waals surface area contributed by atoms with Crippen molar-refractivity contribution in [1.29, 1.82) is 0 Å². The van der Waals surface area contributed by atoms with Gasteiger partial charge in [0.1, 0.15) is 6.10 Å². The number of Topliss-reactive ketones (excluding diaryl/α,β-unsaturated/α-hetero) is 1. The standard InChI is InChI=1S/C20H26N2O2/c1-14-12-15-6-4-5-7-16(15)19(22-14)20(2,3)13-17(23)18-8-9-21-10-11-24-18/h4-7,12,18,21H,8-11,13H2,1-3H3. The van der Waals surface area contributed by atoms with Gasteiger partial charge in [-0.1, -0.05) is 38.1 Å². The molecule has 0 bridgehead atoms. The summed E-state index contributed by atoms with van der Waals surface area (Å²) >= 11 is 0. The van der Waals surface area contributed by atoms with Gasteiger partial charge in [-0.15, -0.1) is 0 Å². The molecule has 0 spiro atoms. The number of ether oxygens (including phenoxy) is 1. The first-order valence-electron chi connectivity index (χ1n) is 8.69. The summed E-state index contributed by atoms with van der Waals surface area (Å²) in [4.78, 5) is 17.6. The second-order valence-corrected chi connectivity index (χ2v) is 7.26. The van der Waals surface area contributed by atoms with Crippen LogP contribution in [0.3, 0.4) is 0 Å². The maximum absolute atomic E-state index is 12.8. The van der Waals surface area contributed by atoms with Crippen molar-refractivity contribution in [2.75, 3.05) is 19.7 Å². The molecule has 1 aromatic carbocycles. The largest absolute Gasteiger partial charge is 0.369 e. The Labute approximate surface area is 143 Å². The van der Waals surface area contributed by atoms with Gasteiger partial charge in [-0.25, -0.2) is 0 Å². The summed E-state index contributed by atoms with van der Waals surface area (Å²) in [5, 5.41) is 5.57. The van der Waals surface area contributed by atoms with Gasteiger partial charge in [-0.05, 0) is 31.3 Å². The van der Waals surface area contributed by atoms with Crippen molar-refractivity contribution in [2.24, 2.45) is 0 Å². The van der Waals surface area contributed by atoms with Crippen LogP contribution in [0, 0.1) is 6.92 Å². The van der Waals surface area contributed by atoms with Gasteiger partial charge in [0.15, 0.2) is 5.78 Å². The van der Waals surface area contributed by atoms with Crippen LogP contribution in [-0.2, 0) is 14.9 Å². The van der Waals surface area contributed by atoms with Crippen LogP contribution in [0.5, 0.6) is 0 Å². The minimum Gasteiger partial charge on any atom is -0.369 e. The zero-order valence-electron chi connectivity index (χ0n) is 14.8. The quantitative estimate of drug-likeness (QED) is 0.938. The molecule has 1 aliphatic rings. The van der Waals surface area contributed by atoms with Crippen LogP contribution in [0.1, 0.15) is 38.1 Å². The predicted molar refractivity (Wildman–Crippen MR) is 96.4 cm³/mol. The molecule has 1 fully saturated rings. The lowest BCUT2D eigenvalue weighted by molar-refractivity contribution is -0.131.